The summed E-state index contributed by atoms with van der Waals surface area (Å²) in [6.45, 7) is 1.59. The number of ether oxygens (including phenoxy) is 1. The van der Waals surface area contributed by atoms with E-state index >= 15 is 8.78 Å². The number of halogens is 17. The summed E-state index contributed by atoms with van der Waals surface area (Å²) in [5.74, 6) is -42.7. The lowest BCUT2D eigenvalue weighted by atomic mass is 9.37. The standard InChI is InChI=1S/C16H7F17O2/c1-3-6(35-5(34)4(2)7(17,18)19)8(20)12(24,25)10(22)14(28,29)9(6,21)15(30,31)11(23,13(8,26)27)16(10,32)33/h2-3H2,1H3. The molecule has 0 aromatic rings. The molecule has 4 fully saturated rings. The van der Waals surface area contributed by atoms with Gasteiger partial charge in [-0.3, -0.25) is 0 Å². The first-order valence-electron chi connectivity index (χ1n) is 8.74. The summed E-state index contributed by atoms with van der Waals surface area (Å²) >= 11 is 0. The van der Waals surface area contributed by atoms with Crippen molar-refractivity contribution in [1.29, 1.82) is 0 Å². The Morgan fingerprint density at radius 3 is 1.11 bits per heavy atom. The fourth-order valence-electron chi connectivity index (χ4n) is 5.05. The average molecular weight is 554 g/mol. The highest BCUT2D eigenvalue weighted by molar-refractivity contribution is 5.90. The second-order valence-electron chi connectivity index (χ2n) is 8.05. The van der Waals surface area contributed by atoms with Crippen molar-refractivity contribution in [3.8, 4) is 0 Å². The molecule has 0 atom stereocenters. The second kappa shape index (κ2) is 5.94. The predicted octanol–water partition coefficient (Wildman–Crippen LogP) is 5.85. The molecule has 0 amide bonds. The summed E-state index contributed by atoms with van der Waals surface area (Å²) in [4.78, 5) is 11.7. The minimum absolute atomic E-state index is 0.263. The summed E-state index contributed by atoms with van der Waals surface area (Å²) in [6, 6.07) is 0. The molecule has 0 spiro atoms. The van der Waals surface area contributed by atoms with E-state index in [0.29, 0.717) is 0 Å². The molecule has 0 aromatic carbocycles. The highest BCUT2D eigenvalue weighted by Crippen LogP contribution is 2.89. The molecule has 4 saturated carbocycles. The van der Waals surface area contributed by atoms with Crippen molar-refractivity contribution in [3.63, 3.8) is 0 Å². The van der Waals surface area contributed by atoms with Crippen LogP contribution in [0.3, 0.4) is 0 Å². The van der Waals surface area contributed by atoms with Crippen LogP contribution in [0.2, 0.25) is 0 Å². The van der Waals surface area contributed by atoms with Crippen molar-refractivity contribution in [2.75, 3.05) is 0 Å². The number of esters is 1. The summed E-state index contributed by atoms with van der Waals surface area (Å²) in [5.41, 5.74) is -39.8. The van der Waals surface area contributed by atoms with Gasteiger partial charge in [0.2, 0.25) is 5.60 Å². The molecule has 4 bridgehead atoms. The lowest BCUT2D eigenvalue weighted by Gasteiger charge is -2.76. The molecular weight excluding hydrogens is 547 g/mol. The van der Waals surface area contributed by atoms with Crippen molar-refractivity contribution < 1.29 is 84.2 Å². The van der Waals surface area contributed by atoms with Crippen LogP contribution in [0, 0.1) is 0 Å². The first-order valence-corrected chi connectivity index (χ1v) is 8.74. The molecule has 202 valence electrons. The number of hydrogen-bond donors (Lipinski definition) is 0. The predicted molar refractivity (Wildman–Crippen MR) is 74.4 cm³/mol. The van der Waals surface area contributed by atoms with Gasteiger partial charge >= 0.3 is 53.1 Å². The molecule has 4 aliphatic carbocycles. The van der Waals surface area contributed by atoms with E-state index in [2.05, 4.69) is 4.74 Å². The third kappa shape index (κ3) is 1.88. The first-order chi connectivity index (χ1) is 15.1. The van der Waals surface area contributed by atoms with Gasteiger partial charge in [0.05, 0.1) is 0 Å². The van der Waals surface area contributed by atoms with Gasteiger partial charge in [-0.2, -0.15) is 57.1 Å². The molecular formula is C16H7F17O2. The van der Waals surface area contributed by atoms with E-state index in [1.165, 1.54) is 0 Å². The second-order valence-corrected chi connectivity index (χ2v) is 8.05. The van der Waals surface area contributed by atoms with E-state index in [4.69, 9.17) is 0 Å². The Labute approximate surface area is 181 Å². The van der Waals surface area contributed by atoms with Crippen molar-refractivity contribution in [3.05, 3.63) is 12.2 Å². The summed E-state index contributed by atoms with van der Waals surface area (Å²) < 4.78 is 248. The highest BCUT2D eigenvalue weighted by atomic mass is 19.4. The van der Waals surface area contributed by atoms with Gasteiger partial charge < -0.3 is 4.74 Å². The van der Waals surface area contributed by atoms with Crippen LogP contribution < -0.4 is 0 Å². The van der Waals surface area contributed by atoms with E-state index in [-0.39, 0.29) is 6.92 Å². The van der Waals surface area contributed by atoms with E-state index < -0.39 is 82.0 Å². The quantitative estimate of drug-likeness (QED) is 0.249. The Bertz CT molecular complexity index is 922. The molecule has 0 unspecified atom stereocenters. The number of alkyl halides is 17. The average Bonchev–Trinajstić information content (AvgIpc) is 2.69. The Balaban J connectivity index is 2.60. The smallest absolute Gasteiger partial charge is 0.422 e. The maximum absolute atomic E-state index is 15.6. The monoisotopic (exact) mass is 554 g/mol. The molecule has 0 saturated heterocycles. The Kier molecular flexibility index (Phi) is 4.69. The molecule has 0 radical (unpaired) electrons. The maximum Gasteiger partial charge on any atom is 0.422 e. The van der Waals surface area contributed by atoms with Crippen molar-refractivity contribution in [2.45, 2.75) is 77.4 Å². The van der Waals surface area contributed by atoms with E-state index in [1.54, 1.807) is 0 Å². The van der Waals surface area contributed by atoms with Gasteiger partial charge in [0.25, 0.3) is 11.3 Å². The fraction of sp³-hybridized carbons (Fsp3) is 0.812. The molecule has 2 nitrogen and oxygen atoms in total. The van der Waals surface area contributed by atoms with Gasteiger partial charge in [-0.1, -0.05) is 13.5 Å². The van der Waals surface area contributed by atoms with Crippen LogP contribution in [0.4, 0.5) is 74.6 Å². The minimum atomic E-state index is -7.95. The zero-order valence-electron chi connectivity index (χ0n) is 16.2. The van der Waals surface area contributed by atoms with Gasteiger partial charge in [0.15, 0.2) is 0 Å². The van der Waals surface area contributed by atoms with Gasteiger partial charge in [-0.05, 0) is 6.42 Å². The minimum Gasteiger partial charge on any atom is -0.448 e. The van der Waals surface area contributed by atoms with E-state index in [9.17, 15) is 70.7 Å². The number of carbonyl (C=O) groups is 1. The summed E-state index contributed by atoms with van der Waals surface area (Å²) in [6.07, 6.45) is -8.93. The highest BCUT2D eigenvalue weighted by Gasteiger charge is 3.22. The van der Waals surface area contributed by atoms with E-state index in [1.807, 2.05) is 6.58 Å². The lowest BCUT2D eigenvalue weighted by molar-refractivity contribution is -0.600. The van der Waals surface area contributed by atoms with Crippen LogP contribution >= 0.6 is 0 Å². The van der Waals surface area contributed by atoms with E-state index in [0.717, 1.165) is 0 Å². The van der Waals surface area contributed by atoms with Crippen LogP contribution in [-0.4, -0.2) is 70.0 Å². The third-order valence-corrected chi connectivity index (χ3v) is 6.79. The van der Waals surface area contributed by atoms with Gasteiger partial charge in [-0.25, -0.2) is 22.4 Å². The SMILES string of the molecule is C=C(C(=O)OC1(CC)C2(F)C(F)(F)C3(F)C(F)(F)C(F)(C2(F)F)C(F)(F)C1(F)C3(F)F)C(F)(F)F. The normalized spacial score (nSPS) is 45.8. The molecule has 0 aromatic heterocycles. The van der Waals surface area contributed by atoms with Gasteiger partial charge in [-0.15, -0.1) is 0 Å². The molecule has 0 aliphatic heterocycles. The molecule has 19 heteroatoms. The number of hydrogen-bond acceptors (Lipinski definition) is 2. The third-order valence-electron chi connectivity index (χ3n) is 6.79. The summed E-state index contributed by atoms with van der Waals surface area (Å²) in [7, 11) is 0. The van der Waals surface area contributed by atoms with Crippen LogP contribution in [0.5, 0.6) is 0 Å². The first kappa shape index (κ1) is 27.6. The molecule has 0 N–H and O–H groups in total. The van der Waals surface area contributed by atoms with Crippen LogP contribution in [-0.2, 0) is 9.53 Å². The Morgan fingerprint density at radius 1 is 0.629 bits per heavy atom. The van der Waals surface area contributed by atoms with Crippen molar-refractivity contribution in [1.82, 2.24) is 0 Å². The zero-order valence-corrected chi connectivity index (χ0v) is 16.2. The molecule has 4 aliphatic rings. The topological polar surface area (TPSA) is 26.3 Å². The number of carbonyl (C=O) groups excluding carboxylic acids is 1. The maximum atomic E-state index is 15.6. The fourth-order valence-corrected chi connectivity index (χ4v) is 5.05. The van der Waals surface area contributed by atoms with Crippen LogP contribution in [0.15, 0.2) is 12.2 Å². The van der Waals surface area contributed by atoms with Crippen LogP contribution in [0.1, 0.15) is 13.3 Å². The molecule has 0 heterocycles. The van der Waals surface area contributed by atoms with Crippen LogP contribution in [0.25, 0.3) is 0 Å². The Hall–Kier alpha value is -1.98. The van der Waals surface area contributed by atoms with Gasteiger partial charge in [0, 0.05) is 0 Å². The largest absolute Gasteiger partial charge is 0.448 e. The lowest BCUT2D eigenvalue weighted by Crippen LogP contribution is -3.10. The Morgan fingerprint density at radius 2 is 0.886 bits per heavy atom. The zero-order chi connectivity index (χ0) is 28.1. The van der Waals surface area contributed by atoms with Crippen molar-refractivity contribution in [2.24, 2.45) is 0 Å². The van der Waals surface area contributed by atoms with Gasteiger partial charge in [0.1, 0.15) is 5.57 Å². The van der Waals surface area contributed by atoms with Crippen molar-refractivity contribution >= 4 is 5.97 Å². The number of rotatable bonds is 3. The summed E-state index contributed by atoms with van der Waals surface area (Å²) in [5, 5.41) is 0. The molecule has 4 rings (SSSR count). The molecule has 35 heavy (non-hydrogen) atoms.